The normalized spacial score (nSPS) is 24.6. The number of thioether (sulfide) groups is 1. The smallest absolute Gasteiger partial charge is 0.230 e. The molecule has 0 aliphatic heterocycles. The van der Waals surface area contributed by atoms with Crippen molar-refractivity contribution in [3.63, 3.8) is 0 Å². The molecular formula is C14H18ClNO2S. The van der Waals surface area contributed by atoms with Gasteiger partial charge in [-0.15, -0.1) is 11.8 Å². The highest BCUT2D eigenvalue weighted by Crippen LogP contribution is 2.40. The zero-order chi connectivity index (χ0) is 14.0. The molecule has 0 aromatic heterocycles. The molecule has 2 N–H and O–H groups in total. The first-order valence-corrected chi connectivity index (χ1v) is 7.62. The van der Waals surface area contributed by atoms with Crippen LogP contribution in [-0.4, -0.2) is 28.9 Å². The largest absolute Gasteiger partial charge is 0.392 e. The summed E-state index contributed by atoms with van der Waals surface area (Å²) in [5, 5.41) is 13.3. The summed E-state index contributed by atoms with van der Waals surface area (Å²) < 4.78 is 0. The molecule has 0 radical (unpaired) electrons. The van der Waals surface area contributed by atoms with Gasteiger partial charge < -0.3 is 10.4 Å². The monoisotopic (exact) mass is 299 g/mol. The summed E-state index contributed by atoms with van der Waals surface area (Å²) in [7, 11) is 0. The first-order valence-electron chi connectivity index (χ1n) is 6.26. The highest BCUT2D eigenvalue weighted by Gasteiger charge is 2.47. The number of aliphatic hydroxyl groups excluding tert-OH is 1. The number of hydrogen-bond acceptors (Lipinski definition) is 3. The minimum absolute atomic E-state index is 0.0186. The fraction of sp³-hybridized carbons (Fsp3) is 0.500. The van der Waals surface area contributed by atoms with Gasteiger partial charge in [0.1, 0.15) is 0 Å². The van der Waals surface area contributed by atoms with Gasteiger partial charge in [0.2, 0.25) is 5.91 Å². The van der Waals surface area contributed by atoms with Crippen LogP contribution in [0.2, 0.25) is 5.02 Å². The minimum Gasteiger partial charge on any atom is -0.392 e. The first-order chi connectivity index (χ1) is 8.91. The van der Waals surface area contributed by atoms with Crippen LogP contribution in [0.1, 0.15) is 20.3 Å². The molecule has 1 aliphatic carbocycles. The number of nitrogens with one attached hydrogen (secondary N) is 1. The Hall–Kier alpha value is -0.710. The van der Waals surface area contributed by atoms with Gasteiger partial charge in [-0.2, -0.15) is 0 Å². The van der Waals surface area contributed by atoms with Gasteiger partial charge in [-0.3, -0.25) is 4.79 Å². The molecule has 0 bridgehead atoms. The molecule has 1 saturated carbocycles. The van der Waals surface area contributed by atoms with Gasteiger partial charge >= 0.3 is 0 Å². The summed E-state index contributed by atoms with van der Waals surface area (Å²) in [5.41, 5.74) is -0.231. The molecule has 1 amide bonds. The highest BCUT2D eigenvalue weighted by atomic mass is 35.5. The van der Waals surface area contributed by atoms with E-state index >= 15 is 0 Å². The summed E-state index contributed by atoms with van der Waals surface area (Å²) in [6, 6.07) is 7.54. The van der Waals surface area contributed by atoms with Crippen molar-refractivity contribution in [1.82, 2.24) is 5.32 Å². The Labute approximate surface area is 122 Å². The Morgan fingerprint density at radius 2 is 2.21 bits per heavy atom. The summed E-state index contributed by atoms with van der Waals surface area (Å²) >= 11 is 7.46. The van der Waals surface area contributed by atoms with E-state index in [1.54, 1.807) is 0 Å². The van der Waals surface area contributed by atoms with Crippen LogP contribution in [0.15, 0.2) is 29.2 Å². The third-order valence-corrected chi connectivity index (χ3v) is 5.26. The van der Waals surface area contributed by atoms with Crippen molar-refractivity contribution >= 4 is 29.3 Å². The maximum Gasteiger partial charge on any atom is 0.230 e. The Morgan fingerprint density at radius 1 is 1.53 bits per heavy atom. The van der Waals surface area contributed by atoms with Crippen molar-refractivity contribution in [2.24, 2.45) is 5.41 Å². The average molecular weight is 300 g/mol. The molecular weight excluding hydrogens is 282 g/mol. The van der Waals surface area contributed by atoms with E-state index in [2.05, 4.69) is 5.32 Å². The van der Waals surface area contributed by atoms with Crippen molar-refractivity contribution in [3.05, 3.63) is 29.3 Å². The highest BCUT2D eigenvalue weighted by molar-refractivity contribution is 8.00. The number of amides is 1. The van der Waals surface area contributed by atoms with Gasteiger partial charge in [-0.25, -0.2) is 0 Å². The second kappa shape index (κ2) is 5.73. The number of rotatable bonds is 4. The van der Waals surface area contributed by atoms with Gasteiger partial charge in [-0.05, 0) is 18.6 Å². The number of aliphatic hydroxyl groups is 1. The molecule has 19 heavy (non-hydrogen) atoms. The van der Waals surface area contributed by atoms with Crippen molar-refractivity contribution in [1.29, 1.82) is 0 Å². The zero-order valence-corrected chi connectivity index (χ0v) is 12.6. The van der Waals surface area contributed by atoms with Crippen LogP contribution in [0, 0.1) is 5.41 Å². The molecule has 0 saturated heterocycles. The minimum atomic E-state index is -0.325. The van der Waals surface area contributed by atoms with Crippen LogP contribution in [0.3, 0.4) is 0 Å². The molecule has 1 aromatic carbocycles. The lowest BCUT2D eigenvalue weighted by molar-refractivity contribution is -0.126. The van der Waals surface area contributed by atoms with Crippen LogP contribution in [0.4, 0.5) is 0 Å². The lowest BCUT2D eigenvalue weighted by Crippen LogP contribution is -2.61. The second-order valence-corrected chi connectivity index (χ2v) is 6.84. The van der Waals surface area contributed by atoms with Crippen LogP contribution < -0.4 is 5.32 Å². The van der Waals surface area contributed by atoms with Gasteiger partial charge in [0.05, 0.1) is 16.9 Å². The van der Waals surface area contributed by atoms with Crippen LogP contribution in [0.25, 0.3) is 0 Å². The number of carbonyl (C=O) groups is 1. The molecule has 0 spiro atoms. The fourth-order valence-electron chi connectivity index (χ4n) is 2.09. The van der Waals surface area contributed by atoms with Crippen LogP contribution in [-0.2, 0) is 4.79 Å². The van der Waals surface area contributed by atoms with Gasteiger partial charge in [0.25, 0.3) is 0 Å². The van der Waals surface area contributed by atoms with Crippen LogP contribution >= 0.6 is 23.4 Å². The molecule has 2 rings (SSSR count). The maximum atomic E-state index is 11.9. The molecule has 2 unspecified atom stereocenters. The number of benzene rings is 1. The van der Waals surface area contributed by atoms with Crippen molar-refractivity contribution in [3.8, 4) is 0 Å². The van der Waals surface area contributed by atoms with E-state index in [1.807, 2.05) is 38.1 Å². The molecule has 3 nitrogen and oxygen atoms in total. The summed E-state index contributed by atoms with van der Waals surface area (Å²) in [6.45, 7) is 3.93. The van der Waals surface area contributed by atoms with Gasteiger partial charge in [0.15, 0.2) is 0 Å². The lowest BCUT2D eigenvalue weighted by atomic mass is 9.64. The SMILES string of the molecule is CC1(C)C(O)CC1NC(=O)CSc1ccccc1Cl. The predicted molar refractivity (Wildman–Crippen MR) is 78.5 cm³/mol. The number of hydrogen-bond donors (Lipinski definition) is 2. The zero-order valence-electron chi connectivity index (χ0n) is 11.0. The van der Waals surface area contributed by atoms with E-state index in [0.29, 0.717) is 17.2 Å². The molecule has 1 aromatic rings. The third kappa shape index (κ3) is 3.25. The standard InChI is InChI=1S/C14H18ClNO2S/c1-14(2)11(7-12(14)17)16-13(18)8-19-10-6-4-3-5-9(10)15/h3-6,11-12,17H,7-8H2,1-2H3,(H,16,18). The molecule has 0 heterocycles. The Kier molecular flexibility index (Phi) is 4.43. The summed E-state index contributed by atoms with van der Waals surface area (Å²) in [4.78, 5) is 12.8. The summed E-state index contributed by atoms with van der Waals surface area (Å²) in [6.07, 6.45) is 0.309. The quantitative estimate of drug-likeness (QED) is 0.841. The molecule has 1 aliphatic rings. The Bertz CT molecular complexity index is 478. The van der Waals surface area contributed by atoms with E-state index < -0.39 is 0 Å². The summed E-state index contributed by atoms with van der Waals surface area (Å²) in [5.74, 6) is 0.321. The lowest BCUT2D eigenvalue weighted by Gasteiger charge is -2.49. The first kappa shape index (κ1) is 14.7. The molecule has 5 heteroatoms. The molecule has 104 valence electrons. The third-order valence-electron chi connectivity index (χ3n) is 3.75. The van der Waals surface area contributed by atoms with Crippen molar-refractivity contribution < 1.29 is 9.90 Å². The Balaban J connectivity index is 1.82. The number of halogens is 1. The second-order valence-electron chi connectivity index (χ2n) is 5.41. The average Bonchev–Trinajstić information content (AvgIpc) is 2.37. The predicted octanol–water partition coefficient (Wildman–Crippen LogP) is 2.71. The van der Waals surface area contributed by atoms with Gasteiger partial charge in [0, 0.05) is 16.4 Å². The van der Waals surface area contributed by atoms with Crippen molar-refractivity contribution in [2.45, 2.75) is 37.3 Å². The topological polar surface area (TPSA) is 49.3 Å². The van der Waals surface area contributed by atoms with E-state index in [1.165, 1.54) is 11.8 Å². The maximum absolute atomic E-state index is 11.9. The molecule has 1 fully saturated rings. The molecule has 2 atom stereocenters. The Morgan fingerprint density at radius 3 is 2.79 bits per heavy atom. The number of carbonyl (C=O) groups excluding carboxylic acids is 1. The van der Waals surface area contributed by atoms with E-state index in [9.17, 15) is 9.90 Å². The van der Waals surface area contributed by atoms with Crippen molar-refractivity contribution in [2.75, 3.05) is 5.75 Å². The van der Waals surface area contributed by atoms with E-state index in [0.717, 1.165) is 4.90 Å². The van der Waals surface area contributed by atoms with Crippen LogP contribution in [0.5, 0.6) is 0 Å². The fourth-order valence-corrected chi connectivity index (χ4v) is 3.14. The van der Waals surface area contributed by atoms with E-state index in [4.69, 9.17) is 11.6 Å². The van der Waals surface area contributed by atoms with E-state index in [-0.39, 0.29) is 23.5 Å². The van der Waals surface area contributed by atoms with Gasteiger partial charge in [-0.1, -0.05) is 37.6 Å².